The van der Waals surface area contributed by atoms with Crippen LogP contribution < -0.4 is 11.1 Å². The van der Waals surface area contributed by atoms with Gasteiger partial charge < -0.3 is 11.1 Å². The summed E-state index contributed by atoms with van der Waals surface area (Å²) < 4.78 is 14.4. The predicted molar refractivity (Wildman–Crippen MR) is 84.5 cm³/mol. The number of nitrogens with zero attached hydrogens (tertiary/aromatic N) is 1. The minimum atomic E-state index is -0.145. The molecule has 0 saturated carbocycles. The minimum absolute atomic E-state index is 0.101. The van der Waals surface area contributed by atoms with Gasteiger partial charge in [-0.05, 0) is 43.5 Å². The number of hydrogen-bond donors (Lipinski definition) is 2. The summed E-state index contributed by atoms with van der Waals surface area (Å²) in [4.78, 5) is 4.11. The van der Waals surface area contributed by atoms with Gasteiger partial charge in [0.15, 0.2) is 0 Å². The maximum absolute atomic E-state index is 14.4. The SMILES string of the molecule is CCCNC(Cc1cnccc1N)c1cccc(C)c1F. The number of nitrogens with one attached hydrogen (secondary N) is 1. The molecule has 3 nitrogen and oxygen atoms in total. The van der Waals surface area contributed by atoms with E-state index in [0.29, 0.717) is 23.2 Å². The number of pyridine rings is 1. The van der Waals surface area contributed by atoms with Crippen molar-refractivity contribution < 1.29 is 4.39 Å². The molecule has 2 aromatic rings. The Bertz CT molecular complexity index is 598. The van der Waals surface area contributed by atoms with E-state index in [1.54, 1.807) is 31.5 Å². The van der Waals surface area contributed by atoms with Crippen molar-refractivity contribution in [2.75, 3.05) is 12.3 Å². The van der Waals surface area contributed by atoms with Crippen LogP contribution in [0, 0.1) is 12.7 Å². The van der Waals surface area contributed by atoms with Gasteiger partial charge in [-0.1, -0.05) is 25.1 Å². The molecule has 21 heavy (non-hydrogen) atoms. The Morgan fingerprint density at radius 3 is 2.86 bits per heavy atom. The first-order valence-corrected chi connectivity index (χ1v) is 7.30. The van der Waals surface area contributed by atoms with E-state index in [4.69, 9.17) is 5.73 Å². The lowest BCUT2D eigenvalue weighted by molar-refractivity contribution is 0.494. The second-order valence-corrected chi connectivity index (χ2v) is 5.26. The number of aryl methyl sites for hydroxylation is 1. The summed E-state index contributed by atoms with van der Waals surface area (Å²) in [5.74, 6) is -0.145. The number of nitrogens with two attached hydrogens (primary N) is 1. The fourth-order valence-electron chi connectivity index (χ4n) is 2.38. The fraction of sp³-hybridized carbons (Fsp3) is 0.353. The number of anilines is 1. The summed E-state index contributed by atoms with van der Waals surface area (Å²) in [5.41, 5.74) is 8.96. The molecule has 0 fully saturated rings. The van der Waals surface area contributed by atoms with E-state index in [1.807, 2.05) is 12.1 Å². The quantitative estimate of drug-likeness (QED) is 0.856. The molecule has 1 atom stereocenters. The van der Waals surface area contributed by atoms with E-state index in [2.05, 4.69) is 17.2 Å². The molecule has 1 aromatic heterocycles. The van der Waals surface area contributed by atoms with Gasteiger partial charge in [0.2, 0.25) is 0 Å². The van der Waals surface area contributed by atoms with Crippen LogP contribution in [-0.2, 0) is 6.42 Å². The van der Waals surface area contributed by atoms with Crippen LogP contribution in [-0.4, -0.2) is 11.5 Å². The highest BCUT2D eigenvalue weighted by molar-refractivity contribution is 5.45. The van der Waals surface area contributed by atoms with Crippen molar-refractivity contribution in [3.63, 3.8) is 0 Å². The Hall–Kier alpha value is -1.94. The Morgan fingerprint density at radius 2 is 2.14 bits per heavy atom. The monoisotopic (exact) mass is 287 g/mol. The lowest BCUT2D eigenvalue weighted by Crippen LogP contribution is -2.25. The van der Waals surface area contributed by atoms with E-state index in [1.165, 1.54) is 0 Å². The summed E-state index contributed by atoms with van der Waals surface area (Å²) in [6, 6.07) is 7.19. The van der Waals surface area contributed by atoms with Crippen LogP contribution in [0.1, 0.15) is 36.1 Å². The highest BCUT2D eigenvalue weighted by Gasteiger charge is 2.18. The van der Waals surface area contributed by atoms with Gasteiger partial charge in [-0.2, -0.15) is 0 Å². The molecule has 0 radical (unpaired) electrons. The van der Waals surface area contributed by atoms with Gasteiger partial charge >= 0.3 is 0 Å². The van der Waals surface area contributed by atoms with Gasteiger partial charge in [0.1, 0.15) is 5.82 Å². The smallest absolute Gasteiger partial charge is 0.130 e. The molecule has 0 saturated heterocycles. The van der Waals surface area contributed by atoms with Crippen LogP contribution in [0.3, 0.4) is 0 Å². The highest BCUT2D eigenvalue weighted by Crippen LogP contribution is 2.25. The third kappa shape index (κ3) is 3.79. The molecular weight excluding hydrogens is 265 g/mol. The van der Waals surface area contributed by atoms with Gasteiger partial charge in [0.05, 0.1) is 0 Å². The summed E-state index contributed by atoms with van der Waals surface area (Å²) in [5, 5.41) is 3.41. The van der Waals surface area contributed by atoms with Crippen LogP contribution in [0.2, 0.25) is 0 Å². The van der Waals surface area contributed by atoms with Crippen molar-refractivity contribution >= 4 is 5.69 Å². The van der Waals surface area contributed by atoms with Gasteiger partial charge in [-0.15, -0.1) is 0 Å². The highest BCUT2D eigenvalue weighted by atomic mass is 19.1. The van der Waals surface area contributed by atoms with Crippen molar-refractivity contribution in [1.29, 1.82) is 0 Å². The van der Waals surface area contributed by atoms with Gasteiger partial charge in [0.25, 0.3) is 0 Å². The van der Waals surface area contributed by atoms with Gasteiger partial charge in [-0.3, -0.25) is 4.98 Å². The summed E-state index contributed by atoms with van der Waals surface area (Å²) >= 11 is 0. The molecule has 112 valence electrons. The second kappa shape index (κ2) is 7.18. The van der Waals surface area contributed by atoms with E-state index in [9.17, 15) is 4.39 Å². The lowest BCUT2D eigenvalue weighted by Gasteiger charge is -2.21. The molecule has 0 amide bonds. The van der Waals surface area contributed by atoms with Gasteiger partial charge in [-0.25, -0.2) is 4.39 Å². The normalized spacial score (nSPS) is 12.3. The van der Waals surface area contributed by atoms with Crippen LogP contribution >= 0.6 is 0 Å². The molecule has 3 N–H and O–H groups in total. The Morgan fingerprint density at radius 1 is 1.33 bits per heavy atom. The first kappa shape index (κ1) is 15.4. The zero-order chi connectivity index (χ0) is 15.2. The Balaban J connectivity index is 2.30. The van der Waals surface area contributed by atoms with E-state index < -0.39 is 0 Å². The zero-order valence-corrected chi connectivity index (χ0v) is 12.6. The summed E-state index contributed by atoms with van der Waals surface area (Å²) in [6.45, 7) is 4.71. The molecule has 0 spiro atoms. The van der Waals surface area contributed by atoms with E-state index in [0.717, 1.165) is 18.5 Å². The molecule has 2 rings (SSSR count). The third-order valence-electron chi connectivity index (χ3n) is 3.60. The molecule has 4 heteroatoms. The van der Waals surface area contributed by atoms with E-state index in [-0.39, 0.29) is 11.9 Å². The molecule has 0 bridgehead atoms. The minimum Gasteiger partial charge on any atom is -0.398 e. The number of rotatable bonds is 6. The molecule has 1 unspecified atom stereocenters. The van der Waals surface area contributed by atoms with Crippen LogP contribution in [0.25, 0.3) is 0 Å². The van der Waals surface area contributed by atoms with Crippen LogP contribution in [0.4, 0.5) is 10.1 Å². The average molecular weight is 287 g/mol. The number of hydrogen-bond acceptors (Lipinski definition) is 3. The molecule has 1 heterocycles. The molecule has 0 aliphatic heterocycles. The van der Waals surface area contributed by atoms with Crippen molar-refractivity contribution in [3.8, 4) is 0 Å². The van der Waals surface area contributed by atoms with Crippen LogP contribution in [0.15, 0.2) is 36.7 Å². The summed E-state index contributed by atoms with van der Waals surface area (Å²) in [7, 11) is 0. The van der Waals surface area contributed by atoms with Crippen molar-refractivity contribution in [1.82, 2.24) is 10.3 Å². The largest absolute Gasteiger partial charge is 0.398 e. The molecular formula is C17H22FN3. The first-order valence-electron chi connectivity index (χ1n) is 7.30. The predicted octanol–water partition coefficient (Wildman–Crippen LogP) is 3.39. The lowest BCUT2D eigenvalue weighted by atomic mass is 9.97. The number of aromatic nitrogens is 1. The Kier molecular flexibility index (Phi) is 5.28. The molecule has 1 aromatic carbocycles. The molecule has 0 aliphatic carbocycles. The maximum atomic E-state index is 14.4. The van der Waals surface area contributed by atoms with Crippen molar-refractivity contribution in [3.05, 3.63) is 59.2 Å². The molecule has 0 aliphatic rings. The first-order chi connectivity index (χ1) is 10.1. The average Bonchev–Trinajstić information content (AvgIpc) is 2.48. The standard InChI is InChI=1S/C17H22FN3/c1-3-8-21-16(10-13-11-20-9-7-15(13)19)14-6-4-5-12(2)17(14)18/h4-7,9,11,16,21H,3,8,10H2,1-2H3,(H2,19,20). The number of halogens is 1. The zero-order valence-electron chi connectivity index (χ0n) is 12.6. The maximum Gasteiger partial charge on any atom is 0.130 e. The number of benzene rings is 1. The number of nitrogen functional groups attached to an aromatic ring is 1. The summed E-state index contributed by atoms with van der Waals surface area (Å²) in [6.07, 6.45) is 5.04. The third-order valence-corrected chi connectivity index (χ3v) is 3.60. The van der Waals surface area contributed by atoms with Crippen molar-refractivity contribution in [2.24, 2.45) is 0 Å². The fourth-order valence-corrected chi connectivity index (χ4v) is 2.38. The van der Waals surface area contributed by atoms with E-state index >= 15 is 0 Å². The topological polar surface area (TPSA) is 50.9 Å². The second-order valence-electron chi connectivity index (χ2n) is 5.26. The Labute approximate surface area is 125 Å². The van der Waals surface area contributed by atoms with Crippen molar-refractivity contribution in [2.45, 2.75) is 32.7 Å². The van der Waals surface area contributed by atoms with Crippen LogP contribution in [0.5, 0.6) is 0 Å². The van der Waals surface area contributed by atoms with Gasteiger partial charge in [0, 0.05) is 29.7 Å².